The molecule has 1 atom stereocenters. The molecule has 3 rings (SSSR count). The van der Waals surface area contributed by atoms with E-state index in [2.05, 4.69) is 10.6 Å². The van der Waals surface area contributed by atoms with Crippen molar-refractivity contribution >= 4 is 29.3 Å². The highest BCUT2D eigenvalue weighted by molar-refractivity contribution is 6.11. The summed E-state index contributed by atoms with van der Waals surface area (Å²) in [6.07, 6.45) is 0. The topological polar surface area (TPSA) is 155 Å². The maximum absolute atomic E-state index is 13.2. The van der Waals surface area contributed by atoms with Gasteiger partial charge in [-0.3, -0.25) is 15.0 Å². The lowest BCUT2D eigenvalue weighted by Gasteiger charge is -2.20. The van der Waals surface area contributed by atoms with Crippen LogP contribution < -0.4 is 16.4 Å². The number of esters is 1. The van der Waals surface area contributed by atoms with Crippen molar-refractivity contribution in [3.05, 3.63) is 89.0 Å². The van der Waals surface area contributed by atoms with Crippen LogP contribution in [0.25, 0.3) is 11.1 Å². The van der Waals surface area contributed by atoms with Crippen molar-refractivity contribution in [2.75, 3.05) is 19.0 Å². The van der Waals surface area contributed by atoms with E-state index in [4.69, 9.17) is 15.9 Å². The van der Waals surface area contributed by atoms with E-state index < -0.39 is 23.8 Å². The Labute approximate surface area is 215 Å². The van der Waals surface area contributed by atoms with E-state index in [9.17, 15) is 19.5 Å². The number of amidine groups is 1. The summed E-state index contributed by atoms with van der Waals surface area (Å²) in [5, 5.41) is 22.6. The van der Waals surface area contributed by atoms with Gasteiger partial charge < -0.3 is 26.2 Å². The molecule has 0 saturated heterocycles. The van der Waals surface area contributed by atoms with E-state index in [0.717, 1.165) is 0 Å². The fourth-order valence-electron chi connectivity index (χ4n) is 3.72. The summed E-state index contributed by atoms with van der Waals surface area (Å²) in [6.45, 7) is 3.54. The average Bonchev–Trinajstić information content (AvgIpc) is 2.90. The van der Waals surface area contributed by atoms with Crippen LogP contribution >= 0.6 is 0 Å². The largest absolute Gasteiger partial charge is 0.465 e. The smallest absolute Gasteiger partial charge is 0.338 e. The summed E-state index contributed by atoms with van der Waals surface area (Å²) in [4.78, 5) is 38.7. The van der Waals surface area contributed by atoms with E-state index in [0.29, 0.717) is 27.9 Å². The van der Waals surface area contributed by atoms with Crippen molar-refractivity contribution in [2.45, 2.75) is 19.9 Å². The molecule has 0 spiro atoms. The molecule has 0 unspecified atom stereocenters. The Balaban J connectivity index is 1.98. The molecular weight excluding hydrogens is 472 g/mol. The Morgan fingerprint density at radius 2 is 1.54 bits per heavy atom. The predicted molar refractivity (Wildman–Crippen MR) is 142 cm³/mol. The highest BCUT2D eigenvalue weighted by Gasteiger charge is 2.22. The fourth-order valence-corrected chi connectivity index (χ4v) is 3.72. The molecule has 0 aliphatic rings. The normalized spacial score (nSPS) is 11.5. The van der Waals surface area contributed by atoms with E-state index in [1.54, 1.807) is 60.7 Å². The summed E-state index contributed by atoms with van der Waals surface area (Å²) in [5.74, 6) is -1.58. The third-order valence-electron chi connectivity index (χ3n) is 5.92. The molecule has 3 aromatic rings. The van der Waals surface area contributed by atoms with E-state index in [-0.39, 0.29) is 29.5 Å². The molecule has 3 aromatic carbocycles. The minimum absolute atomic E-state index is 0.0114. The van der Waals surface area contributed by atoms with Gasteiger partial charge in [0.1, 0.15) is 5.84 Å². The van der Waals surface area contributed by atoms with Crippen molar-refractivity contribution in [3.8, 4) is 11.1 Å². The zero-order valence-electron chi connectivity index (χ0n) is 20.9. The number of hydrogen-bond acceptors (Lipinski definition) is 6. The number of benzene rings is 3. The number of nitrogens with two attached hydrogens (primary N) is 1. The maximum atomic E-state index is 13.2. The minimum atomic E-state index is -0.665. The molecule has 0 fully saturated rings. The van der Waals surface area contributed by atoms with E-state index in [1.165, 1.54) is 13.2 Å². The van der Waals surface area contributed by atoms with Gasteiger partial charge in [0.05, 0.1) is 25.3 Å². The van der Waals surface area contributed by atoms with Crippen molar-refractivity contribution in [1.82, 2.24) is 5.32 Å². The molecule has 0 bridgehead atoms. The first-order valence-corrected chi connectivity index (χ1v) is 11.7. The van der Waals surface area contributed by atoms with Gasteiger partial charge in [0, 0.05) is 22.4 Å². The molecule has 192 valence electrons. The number of nitrogen functional groups attached to an aromatic ring is 1. The van der Waals surface area contributed by atoms with Crippen LogP contribution in [0.2, 0.25) is 0 Å². The summed E-state index contributed by atoms with van der Waals surface area (Å²) in [7, 11) is 1.24. The molecule has 37 heavy (non-hydrogen) atoms. The number of aliphatic hydroxyl groups is 1. The summed E-state index contributed by atoms with van der Waals surface area (Å²) in [5.41, 5.74) is 8.06. The van der Waals surface area contributed by atoms with Crippen LogP contribution in [0.15, 0.2) is 66.7 Å². The van der Waals surface area contributed by atoms with Gasteiger partial charge in [-0.2, -0.15) is 0 Å². The Morgan fingerprint density at radius 1 is 0.919 bits per heavy atom. The first-order chi connectivity index (χ1) is 17.7. The van der Waals surface area contributed by atoms with Crippen molar-refractivity contribution in [2.24, 2.45) is 11.7 Å². The monoisotopic (exact) mass is 502 g/mol. The van der Waals surface area contributed by atoms with Gasteiger partial charge in [-0.05, 0) is 59.5 Å². The third kappa shape index (κ3) is 6.39. The number of carbonyl (C=O) groups is 3. The van der Waals surface area contributed by atoms with Gasteiger partial charge in [-0.1, -0.05) is 38.1 Å². The highest BCUT2D eigenvalue weighted by Crippen LogP contribution is 2.29. The first kappa shape index (κ1) is 27.1. The number of aliphatic hydroxyl groups excluding tert-OH is 1. The van der Waals surface area contributed by atoms with Crippen LogP contribution in [-0.2, 0) is 4.74 Å². The third-order valence-corrected chi connectivity index (χ3v) is 5.92. The fraction of sp³-hybridized carbons (Fsp3) is 0.214. The number of anilines is 1. The molecule has 0 aromatic heterocycles. The maximum Gasteiger partial charge on any atom is 0.338 e. The molecule has 2 amide bonds. The van der Waals surface area contributed by atoms with Crippen molar-refractivity contribution < 1.29 is 24.2 Å². The van der Waals surface area contributed by atoms with Crippen LogP contribution in [0.1, 0.15) is 50.5 Å². The summed E-state index contributed by atoms with van der Waals surface area (Å²) < 4.78 is 4.96. The number of amides is 2. The Bertz CT molecular complexity index is 1320. The lowest BCUT2D eigenvalue weighted by atomic mass is 9.93. The second-order valence-electron chi connectivity index (χ2n) is 8.75. The van der Waals surface area contributed by atoms with Gasteiger partial charge in [0.2, 0.25) is 0 Å². The first-order valence-electron chi connectivity index (χ1n) is 11.7. The van der Waals surface area contributed by atoms with Crippen LogP contribution in [0.5, 0.6) is 0 Å². The molecule has 0 radical (unpaired) electrons. The van der Waals surface area contributed by atoms with Crippen LogP contribution in [0.4, 0.5) is 5.69 Å². The van der Waals surface area contributed by atoms with Gasteiger partial charge in [-0.15, -0.1) is 0 Å². The van der Waals surface area contributed by atoms with Gasteiger partial charge in [-0.25, -0.2) is 4.79 Å². The average molecular weight is 503 g/mol. The molecule has 0 aliphatic heterocycles. The van der Waals surface area contributed by atoms with Crippen LogP contribution in [0, 0.1) is 11.3 Å². The lowest BCUT2D eigenvalue weighted by molar-refractivity contribution is 0.0601. The van der Waals surface area contributed by atoms with Crippen LogP contribution in [0.3, 0.4) is 0 Å². The Kier molecular flexibility index (Phi) is 8.76. The Morgan fingerprint density at radius 3 is 2.14 bits per heavy atom. The summed E-state index contributed by atoms with van der Waals surface area (Å²) >= 11 is 0. The Hall–Kier alpha value is -4.50. The lowest BCUT2D eigenvalue weighted by Crippen LogP contribution is -2.41. The predicted octanol–water partition coefficient (Wildman–Crippen LogP) is 3.42. The number of ether oxygens (including phenoxy) is 1. The van der Waals surface area contributed by atoms with Gasteiger partial charge in [0.25, 0.3) is 11.8 Å². The quantitative estimate of drug-likeness (QED) is 0.172. The molecule has 6 N–H and O–H groups in total. The van der Waals surface area contributed by atoms with Gasteiger partial charge in [0.15, 0.2) is 0 Å². The molecule has 0 aliphatic carbocycles. The zero-order valence-corrected chi connectivity index (χ0v) is 20.9. The SMILES string of the molecule is COC(=O)c1cc(C(=O)N[C@H](CO)C(C)C)ccc1-c1ccccc1C(=O)Nc1ccc(C(=N)N)cc1. The van der Waals surface area contributed by atoms with Crippen molar-refractivity contribution in [3.63, 3.8) is 0 Å². The summed E-state index contributed by atoms with van der Waals surface area (Å²) in [6, 6.07) is 17.4. The number of carbonyl (C=O) groups excluding carboxylic acids is 3. The highest BCUT2D eigenvalue weighted by atomic mass is 16.5. The molecule has 0 saturated carbocycles. The molecule has 9 heteroatoms. The second-order valence-corrected chi connectivity index (χ2v) is 8.75. The molecule has 9 nitrogen and oxygen atoms in total. The standard InChI is InChI=1S/C28H30N4O5/c1-16(2)24(15-33)32-26(34)18-10-13-21(23(14-18)28(36)37-3)20-6-4-5-7-22(20)27(35)31-19-11-8-17(9-12-19)25(29)30/h4-14,16,24,33H,15H2,1-3H3,(H3,29,30)(H,31,35)(H,32,34)/t24-/m1/s1. The van der Waals surface area contributed by atoms with E-state index in [1.807, 2.05) is 13.8 Å². The molecule has 0 heterocycles. The number of rotatable bonds is 9. The number of hydrogen-bond donors (Lipinski definition) is 5. The minimum Gasteiger partial charge on any atom is -0.465 e. The number of nitrogens with one attached hydrogen (secondary N) is 3. The van der Waals surface area contributed by atoms with Gasteiger partial charge >= 0.3 is 5.97 Å². The zero-order chi connectivity index (χ0) is 27.1. The van der Waals surface area contributed by atoms with Crippen LogP contribution in [-0.4, -0.2) is 48.5 Å². The second kappa shape index (κ2) is 12.0. The number of methoxy groups -OCH3 is 1. The molecular formula is C28H30N4O5. The van der Waals surface area contributed by atoms with E-state index >= 15 is 0 Å². The van der Waals surface area contributed by atoms with Crippen molar-refractivity contribution in [1.29, 1.82) is 5.41 Å².